The molecule has 106 valence electrons. The van der Waals surface area contributed by atoms with Crippen molar-refractivity contribution in [3.8, 4) is 0 Å². The van der Waals surface area contributed by atoms with Gasteiger partial charge in [0.15, 0.2) is 0 Å². The second-order valence-electron chi connectivity index (χ2n) is 4.32. The Labute approximate surface area is 118 Å². The first-order valence-corrected chi connectivity index (χ1v) is 6.61. The highest BCUT2D eigenvalue weighted by Gasteiger charge is 2.23. The van der Waals surface area contributed by atoms with E-state index in [0.717, 1.165) is 6.42 Å². The molecule has 0 aromatic carbocycles. The largest absolute Gasteiger partial charge is 0.384 e. The molecule has 1 aromatic heterocycles. The summed E-state index contributed by atoms with van der Waals surface area (Å²) < 4.78 is 5.04. The van der Waals surface area contributed by atoms with Gasteiger partial charge in [-0.3, -0.25) is 4.79 Å². The number of anilines is 1. The van der Waals surface area contributed by atoms with Gasteiger partial charge in [-0.2, -0.15) is 0 Å². The van der Waals surface area contributed by atoms with Gasteiger partial charge in [0.1, 0.15) is 11.5 Å². The number of nitrogens with two attached hydrogens (primary N) is 1. The average molecular weight is 286 g/mol. The van der Waals surface area contributed by atoms with Crippen molar-refractivity contribution in [3.63, 3.8) is 0 Å². The van der Waals surface area contributed by atoms with E-state index in [4.69, 9.17) is 22.1 Å². The number of hydrogen-bond donors (Lipinski definition) is 1. The number of carbonyl (C=O) groups excluding carboxylic acids is 1. The first-order valence-electron chi connectivity index (χ1n) is 6.23. The lowest BCUT2D eigenvalue weighted by Gasteiger charge is -2.28. The lowest BCUT2D eigenvalue weighted by molar-refractivity contribution is 0.0608. The molecule has 1 unspecified atom stereocenters. The second kappa shape index (κ2) is 7.31. The van der Waals surface area contributed by atoms with E-state index in [2.05, 4.69) is 4.98 Å². The molecule has 1 amide bonds. The molecule has 1 aromatic rings. The molecule has 0 saturated heterocycles. The Kier molecular flexibility index (Phi) is 6.05. The van der Waals surface area contributed by atoms with Crippen LogP contribution in [0, 0.1) is 0 Å². The van der Waals surface area contributed by atoms with Crippen LogP contribution in [-0.2, 0) is 4.74 Å². The smallest absolute Gasteiger partial charge is 0.274 e. The Morgan fingerprint density at radius 2 is 2.26 bits per heavy atom. The van der Waals surface area contributed by atoms with E-state index in [9.17, 15) is 4.79 Å². The molecule has 0 aliphatic rings. The fraction of sp³-hybridized carbons (Fsp3) is 0.538. The van der Waals surface area contributed by atoms with Crippen molar-refractivity contribution in [2.45, 2.75) is 26.3 Å². The zero-order valence-corrected chi connectivity index (χ0v) is 12.3. The molecule has 1 atom stereocenters. The fourth-order valence-electron chi connectivity index (χ4n) is 1.68. The van der Waals surface area contributed by atoms with Crippen LogP contribution in [0.2, 0.25) is 5.02 Å². The van der Waals surface area contributed by atoms with Crippen LogP contribution >= 0.6 is 11.6 Å². The third kappa shape index (κ3) is 4.08. The van der Waals surface area contributed by atoms with Crippen molar-refractivity contribution >= 4 is 23.3 Å². The van der Waals surface area contributed by atoms with E-state index in [1.807, 2.05) is 13.8 Å². The summed E-state index contributed by atoms with van der Waals surface area (Å²) in [4.78, 5) is 18.2. The number of methoxy groups -OCH3 is 1. The minimum Gasteiger partial charge on any atom is -0.384 e. The van der Waals surface area contributed by atoms with E-state index >= 15 is 0 Å². The van der Waals surface area contributed by atoms with Gasteiger partial charge in [0.25, 0.3) is 5.91 Å². The molecule has 0 spiro atoms. The minimum atomic E-state index is -0.219. The number of ether oxygens (including phenoxy) is 1. The number of rotatable bonds is 6. The Balaban J connectivity index is 3.00. The van der Waals surface area contributed by atoms with Crippen molar-refractivity contribution in [2.75, 3.05) is 26.0 Å². The molecule has 0 saturated carbocycles. The molecule has 0 bridgehead atoms. The van der Waals surface area contributed by atoms with Gasteiger partial charge in [-0.1, -0.05) is 18.5 Å². The SMILES string of the molecule is CCC(C)N(CCOC)C(=O)c1nc(N)ccc1Cl. The first kappa shape index (κ1) is 15.7. The maximum absolute atomic E-state index is 12.5. The molecule has 19 heavy (non-hydrogen) atoms. The van der Waals surface area contributed by atoms with E-state index in [1.54, 1.807) is 24.1 Å². The molecular formula is C13H20ClN3O2. The molecule has 6 heteroatoms. The van der Waals surface area contributed by atoms with Crippen molar-refractivity contribution in [2.24, 2.45) is 0 Å². The number of carbonyl (C=O) groups is 1. The highest BCUT2D eigenvalue weighted by molar-refractivity contribution is 6.33. The predicted octanol–water partition coefficient (Wildman–Crippen LogP) is 2.20. The number of nitrogens with zero attached hydrogens (tertiary/aromatic N) is 2. The summed E-state index contributed by atoms with van der Waals surface area (Å²) in [6.07, 6.45) is 0.843. The highest BCUT2D eigenvalue weighted by Crippen LogP contribution is 2.19. The quantitative estimate of drug-likeness (QED) is 0.870. The van der Waals surface area contributed by atoms with Gasteiger partial charge >= 0.3 is 0 Å². The molecule has 0 aliphatic heterocycles. The Morgan fingerprint density at radius 1 is 1.58 bits per heavy atom. The number of hydrogen-bond acceptors (Lipinski definition) is 4. The van der Waals surface area contributed by atoms with E-state index in [1.165, 1.54) is 0 Å². The van der Waals surface area contributed by atoms with Gasteiger partial charge in [0, 0.05) is 19.7 Å². The number of halogens is 1. The van der Waals surface area contributed by atoms with Crippen LogP contribution in [-0.4, -0.2) is 42.1 Å². The Hall–Kier alpha value is -1.33. The van der Waals surface area contributed by atoms with Gasteiger partial charge in [-0.15, -0.1) is 0 Å². The summed E-state index contributed by atoms with van der Waals surface area (Å²) in [5.74, 6) is 0.0623. The molecule has 0 radical (unpaired) electrons. The fourth-order valence-corrected chi connectivity index (χ4v) is 1.86. The molecule has 1 heterocycles. The third-order valence-electron chi connectivity index (χ3n) is 2.99. The number of aromatic nitrogens is 1. The minimum absolute atomic E-state index is 0.0851. The lowest BCUT2D eigenvalue weighted by Crippen LogP contribution is -2.41. The van der Waals surface area contributed by atoms with Crippen LogP contribution in [0.25, 0.3) is 0 Å². The predicted molar refractivity (Wildman–Crippen MR) is 76.3 cm³/mol. The van der Waals surface area contributed by atoms with E-state index < -0.39 is 0 Å². The van der Waals surface area contributed by atoms with Gasteiger partial charge in [-0.25, -0.2) is 4.98 Å². The van der Waals surface area contributed by atoms with Gasteiger partial charge in [-0.05, 0) is 25.5 Å². The van der Waals surface area contributed by atoms with Crippen LogP contribution in [0.3, 0.4) is 0 Å². The lowest BCUT2D eigenvalue weighted by atomic mass is 10.2. The van der Waals surface area contributed by atoms with Gasteiger partial charge < -0.3 is 15.4 Å². The monoisotopic (exact) mass is 285 g/mol. The molecule has 5 nitrogen and oxygen atoms in total. The Morgan fingerprint density at radius 3 is 2.84 bits per heavy atom. The highest BCUT2D eigenvalue weighted by atomic mass is 35.5. The number of pyridine rings is 1. The summed E-state index contributed by atoms with van der Waals surface area (Å²) in [7, 11) is 1.60. The Bertz CT molecular complexity index is 440. The van der Waals surface area contributed by atoms with Crippen LogP contribution < -0.4 is 5.73 Å². The second-order valence-corrected chi connectivity index (χ2v) is 4.72. The molecule has 0 fully saturated rings. The molecular weight excluding hydrogens is 266 g/mol. The summed E-state index contributed by atoms with van der Waals surface area (Å²) in [6, 6.07) is 3.24. The van der Waals surface area contributed by atoms with Gasteiger partial charge in [0.05, 0.1) is 11.6 Å². The normalized spacial score (nSPS) is 12.2. The maximum Gasteiger partial charge on any atom is 0.274 e. The maximum atomic E-state index is 12.5. The zero-order valence-electron chi connectivity index (χ0n) is 11.5. The van der Waals surface area contributed by atoms with Crippen molar-refractivity contribution in [1.29, 1.82) is 0 Å². The van der Waals surface area contributed by atoms with Crippen LogP contribution in [0.4, 0.5) is 5.82 Å². The standard InChI is InChI=1S/C13H20ClN3O2/c1-4-9(2)17(7-8-19-3)13(18)12-10(14)5-6-11(15)16-12/h5-6,9H,4,7-8H2,1-3H3,(H2,15,16). The summed E-state index contributed by atoms with van der Waals surface area (Å²) in [5, 5.41) is 0.310. The van der Waals surface area contributed by atoms with Crippen molar-refractivity contribution in [3.05, 3.63) is 22.8 Å². The van der Waals surface area contributed by atoms with E-state index in [0.29, 0.717) is 18.2 Å². The molecule has 0 aliphatic carbocycles. The van der Waals surface area contributed by atoms with Crippen LogP contribution in [0.5, 0.6) is 0 Å². The molecule has 2 N–H and O–H groups in total. The van der Waals surface area contributed by atoms with Crippen molar-refractivity contribution in [1.82, 2.24) is 9.88 Å². The number of amides is 1. The van der Waals surface area contributed by atoms with Crippen LogP contribution in [0.1, 0.15) is 30.8 Å². The summed E-state index contributed by atoms with van der Waals surface area (Å²) >= 11 is 6.02. The van der Waals surface area contributed by atoms with Crippen molar-refractivity contribution < 1.29 is 9.53 Å². The van der Waals surface area contributed by atoms with Crippen LogP contribution in [0.15, 0.2) is 12.1 Å². The number of nitrogen functional groups attached to an aromatic ring is 1. The van der Waals surface area contributed by atoms with E-state index in [-0.39, 0.29) is 23.5 Å². The molecule has 1 rings (SSSR count). The zero-order chi connectivity index (χ0) is 14.4. The topological polar surface area (TPSA) is 68.5 Å². The average Bonchev–Trinajstić information content (AvgIpc) is 2.41. The third-order valence-corrected chi connectivity index (χ3v) is 3.30. The summed E-state index contributed by atoms with van der Waals surface area (Å²) in [6.45, 7) is 4.97. The first-order chi connectivity index (χ1) is 9.01. The summed E-state index contributed by atoms with van der Waals surface area (Å²) in [5.41, 5.74) is 5.80. The van der Waals surface area contributed by atoms with Gasteiger partial charge in [0.2, 0.25) is 0 Å².